The van der Waals surface area contributed by atoms with Crippen LogP contribution in [-0.4, -0.2) is 14.9 Å². The minimum atomic E-state index is -4.46. The molecule has 0 aliphatic rings. The molecule has 0 saturated carbocycles. The number of hydrogen-bond donors (Lipinski definition) is 0. The van der Waals surface area contributed by atoms with E-state index in [0.717, 1.165) is 18.2 Å². The van der Waals surface area contributed by atoms with E-state index in [4.69, 9.17) is 9.16 Å². The van der Waals surface area contributed by atoms with Crippen LogP contribution in [0.1, 0.15) is 43.6 Å². The summed E-state index contributed by atoms with van der Waals surface area (Å²) in [6.45, 7) is 10.3. The molecule has 0 heterocycles. The lowest BCUT2D eigenvalue weighted by molar-refractivity contribution is -0.137. The molecule has 2 aromatic carbocycles. The van der Waals surface area contributed by atoms with E-state index in [2.05, 4.69) is 20.8 Å². The molecule has 162 valence electrons. The van der Waals surface area contributed by atoms with Gasteiger partial charge in [-0.1, -0.05) is 39.0 Å². The van der Waals surface area contributed by atoms with Crippen LogP contribution in [0, 0.1) is 17.1 Å². The molecule has 0 bridgehead atoms. The molecule has 0 saturated heterocycles. The van der Waals surface area contributed by atoms with Crippen molar-refractivity contribution in [1.29, 1.82) is 5.26 Å². The van der Waals surface area contributed by atoms with Crippen LogP contribution in [0.4, 0.5) is 17.6 Å². The van der Waals surface area contributed by atoms with Gasteiger partial charge in [0.25, 0.3) is 0 Å². The zero-order valence-corrected chi connectivity index (χ0v) is 18.6. The Balaban J connectivity index is 2.38. The van der Waals surface area contributed by atoms with Crippen molar-refractivity contribution in [2.75, 3.05) is 6.61 Å². The van der Waals surface area contributed by atoms with Gasteiger partial charge in [-0.25, -0.2) is 4.39 Å². The smallest absolute Gasteiger partial charge is 0.416 e. The van der Waals surface area contributed by atoms with Crippen molar-refractivity contribution in [3.63, 3.8) is 0 Å². The van der Waals surface area contributed by atoms with Crippen molar-refractivity contribution in [3.05, 3.63) is 65.0 Å². The van der Waals surface area contributed by atoms with Crippen molar-refractivity contribution in [3.8, 4) is 11.8 Å². The molecule has 0 amide bonds. The van der Waals surface area contributed by atoms with Crippen molar-refractivity contribution in [2.24, 2.45) is 0 Å². The molecule has 0 aliphatic heterocycles. The molecular weight excluding hydrogens is 414 g/mol. The summed E-state index contributed by atoms with van der Waals surface area (Å²) in [7, 11) is -2.19. The van der Waals surface area contributed by atoms with E-state index >= 15 is 0 Å². The number of nitriles is 1. The fourth-order valence-electron chi connectivity index (χ4n) is 2.45. The Morgan fingerprint density at radius 1 is 1.03 bits per heavy atom. The van der Waals surface area contributed by atoms with Gasteiger partial charge in [0.15, 0.2) is 8.32 Å². The molecule has 0 aromatic heterocycles. The van der Waals surface area contributed by atoms with Crippen LogP contribution in [0.15, 0.2) is 42.5 Å². The SMILES string of the molecule is CC(C)(C)[Si](C)(C)OCC(Oc1cccc(F)c1C#N)c1ccc(C(F)(F)F)cc1. The number of benzene rings is 2. The summed E-state index contributed by atoms with van der Waals surface area (Å²) in [5.74, 6) is -0.715. The minimum absolute atomic E-state index is 0.0150. The van der Waals surface area contributed by atoms with Crippen LogP contribution >= 0.6 is 0 Å². The van der Waals surface area contributed by atoms with Crippen molar-refractivity contribution < 1.29 is 26.7 Å². The average Bonchev–Trinajstić information content (AvgIpc) is 2.63. The van der Waals surface area contributed by atoms with Crippen LogP contribution in [0.25, 0.3) is 0 Å². The summed E-state index contributed by atoms with van der Waals surface area (Å²) < 4.78 is 64.8. The Kier molecular flexibility index (Phi) is 7.00. The highest BCUT2D eigenvalue weighted by molar-refractivity contribution is 6.74. The molecular formula is C22H25F4NO2Si. The van der Waals surface area contributed by atoms with Crippen LogP contribution in [0.5, 0.6) is 5.75 Å². The van der Waals surface area contributed by atoms with Gasteiger partial charge in [0, 0.05) is 0 Å². The van der Waals surface area contributed by atoms with Gasteiger partial charge in [-0.05, 0) is 48.0 Å². The first-order valence-corrected chi connectivity index (χ1v) is 12.3. The van der Waals surface area contributed by atoms with Crippen LogP contribution < -0.4 is 4.74 Å². The van der Waals surface area contributed by atoms with E-state index in [1.54, 1.807) is 6.07 Å². The summed E-state index contributed by atoms with van der Waals surface area (Å²) in [6.07, 6.45) is -5.27. The van der Waals surface area contributed by atoms with Crippen molar-refractivity contribution in [2.45, 2.75) is 51.2 Å². The van der Waals surface area contributed by atoms with E-state index in [1.165, 1.54) is 24.3 Å². The first-order valence-electron chi connectivity index (χ1n) is 9.42. The van der Waals surface area contributed by atoms with E-state index in [-0.39, 0.29) is 23.0 Å². The van der Waals surface area contributed by atoms with E-state index in [1.807, 2.05) is 13.1 Å². The largest absolute Gasteiger partial charge is 0.482 e. The van der Waals surface area contributed by atoms with E-state index in [9.17, 15) is 22.8 Å². The predicted octanol–water partition coefficient (Wildman–Crippen LogP) is 6.86. The second-order valence-electron chi connectivity index (χ2n) is 8.52. The first kappa shape index (κ1) is 23.9. The third kappa shape index (κ3) is 5.61. The second kappa shape index (κ2) is 8.78. The van der Waals surface area contributed by atoms with Gasteiger partial charge in [-0.2, -0.15) is 18.4 Å². The number of nitrogens with zero attached hydrogens (tertiary/aromatic N) is 1. The highest BCUT2D eigenvalue weighted by atomic mass is 28.4. The van der Waals surface area contributed by atoms with E-state index in [0.29, 0.717) is 5.56 Å². The van der Waals surface area contributed by atoms with Gasteiger partial charge in [0.1, 0.15) is 29.3 Å². The third-order valence-corrected chi connectivity index (χ3v) is 9.87. The molecule has 8 heteroatoms. The fourth-order valence-corrected chi connectivity index (χ4v) is 3.45. The topological polar surface area (TPSA) is 42.2 Å². The Labute approximate surface area is 175 Å². The zero-order valence-electron chi connectivity index (χ0n) is 17.6. The highest BCUT2D eigenvalue weighted by Gasteiger charge is 2.38. The van der Waals surface area contributed by atoms with E-state index < -0.39 is 32.0 Å². The number of rotatable bonds is 6. The molecule has 0 N–H and O–H groups in total. The monoisotopic (exact) mass is 439 g/mol. The Morgan fingerprint density at radius 3 is 2.13 bits per heavy atom. The summed E-state index contributed by atoms with van der Waals surface area (Å²) >= 11 is 0. The Bertz CT molecular complexity index is 913. The van der Waals surface area contributed by atoms with Gasteiger partial charge < -0.3 is 9.16 Å². The summed E-state index contributed by atoms with van der Waals surface area (Å²) in [5.41, 5.74) is -0.601. The predicted molar refractivity (Wildman–Crippen MR) is 109 cm³/mol. The normalized spacial score (nSPS) is 13.6. The lowest BCUT2D eigenvalue weighted by Crippen LogP contribution is -2.42. The Hall–Kier alpha value is -2.37. The zero-order chi connectivity index (χ0) is 22.7. The Morgan fingerprint density at radius 2 is 1.63 bits per heavy atom. The van der Waals surface area contributed by atoms with Gasteiger partial charge >= 0.3 is 6.18 Å². The maximum atomic E-state index is 14.0. The van der Waals surface area contributed by atoms with Crippen LogP contribution in [0.2, 0.25) is 18.1 Å². The highest BCUT2D eigenvalue weighted by Crippen LogP contribution is 2.38. The molecule has 1 unspecified atom stereocenters. The van der Waals surface area contributed by atoms with Crippen LogP contribution in [-0.2, 0) is 10.6 Å². The van der Waals surface area contributed by atoms with Crippen molar-refractivity contribution >= 4 is 8.32 Å². The fraction of sp³-hybridized carbons (Fsp3) is 0.409. The number of hydrogen-bond acceptors (Lipinski definition) is 3. The number of alkyl halides is 3. The van der Waals surface area contributed by atoms with Gasteiger partial charge in [0.05, 0.1) is 12.2 Å². The maximum Gasteiger partial charge on any atom is 0.416 e. The quantitative estimate of drug-likeness (QED) is 0.365. The van der Waals surface area contributed by atoms with Gasteiger partial charge in [-0.3, -0.25) is 0 Å². The third-order valence-electron chi connectivity index (χ3n) is 5.37. The van der Waals surface area contributed by atoms with Crippen LogP contribution in [0.3, 0.4) is 0 Å². The molecule has 2 rings (SSSR count). The lowest BCUT2D eigenvalue weighted by Gasteiger charge is -2.37. The molecule has 0 radical (unpaired) electrons. The molecule has 0 aliphatic carbocycles. The molecule has 2 aromatic rings. The number of ether oxygens (including phenoxy) is 1. The standard InChI is InChI=1S/C22H25F4NO2Si/c1-21(2,3)30(4,5)28-14-20(15-9-11-16(12-10-15)22(24,25)26)29-19-8-6-7-18(23)17(19)13-27/h6-12,20H,14H2,1-5H3. The first-order chi connectivity index (χ1) is 13.8. The summed E-state index contributed by atoms with van der Waals surface area (Å²) in [6, 6.07) is 10.3. The number of halogens is 4. The molecule has 3 nitrogen and oxygen atoms in total. The average molecular weight is 440 g/mol. The molecule has 0 fully saturated rings. The van der Waals surface area contributed by atoms with Crippen molar-refractivity contribution in [1.82, 2.24) is 0 Å². The second-order valence-corrected chi connectivity index (χ2v) is 13.3. The van der Waals surface area contributed by atoms with Gasteiger partial charge in [0.2, 0.25) is 0 Å². The molecule has 1 atom stereocenters. The minimum Gasteiger partial charge on any atom is -0.482 e. The van der Waals surface area contributed by atoms with Gasteiger partial charge in [-0.15, -0.1) is 0 Å². The maximum absolute atomic E-state index is 14.0. The molecule has 0 spiro atoms. The lowest BCUT2D eigenvalue weighted by atomic mass is 10.1. The summed E-state index contributed by atoms with van der Waals surface area (Å²) in [5, 5.41) is 9.17. The summed E-state index contributed by atoms with van der Waals surface area (Å²) in [4.78, 5) is 0. The molecule has 30 heavy (non-hydrogen) atoms.